The van der Waals surface area contributed by atoms with Gasteiger partial charge in [0.1, 0.15) is 0 Å². The Morgan fingerprint density at radius 3 is 2.05 bits per heavy atom. The van der Waals surface area contributed by atoms with E-state index < -0.39 is 0 Å². The molecule has 0 spiro atoms. The molecule has 3 saturated carbocycles. The van der Waals surface area contributed by atoms with Gasteiger partial charge in [-0.25, -0.2) is 0 Å². The zero-order valence-electron chi connectivity index (χ0n) is 12.7. The molecule has 1 heterocycles. The Bertz CT molecular complexity index is 346. The maximum absolute atomic E-state index is 12.3. The minimum atomic E-state index is 0.155. The van der Waals surface area contributed by atoms with Crippen LogP contribution in [-0.4, -0.2) is 36.5 Å². The second-order valence-corrected chi connectivity index (χ2v) is 7.70. The Balaban J connectivity index is 1.60. The summed E-state index contributed by atoms with van der Waals surface area (Å²) in [5.74, 6) is 1.36. The number of rotatable bonds is 3. The van der Waals surface area contributed by atoms with Crippen molar-refractivity contribution in [1.82, 2.24) is 10.2 Å². The molecular formula is C16H28N2O. The van der Waals surface area contributed by atoms with Crippen LogP contribution in [0.25, 0.3) is 0 Å². The van der Waals surface area contributed by atoms with Crippen LogP contribution < -0.4 is 5.32 Å². The summed E-state index contributed by atoms with van der Waals surface area (Å²) in [7, 11) is 2.08. The molecule has 0 aromatic rings. The molecule has 4 aliphatic rings. The lowest BCUT2D eigenvalue weighted by Gasteiger charge is -2.56. The van der Waals surface area contributed by atoms with E-state index in [0.717, 1.165) is 19.0 Å². The van der Waals surface area contributed by atoms with Crippen molar-refractivity contribution in [3.63, 3.8) is 0 Å². The van der Waals surface area contributed by atoms with Crippen LogP contribution in [0.4, 0.5) is 0 Å². The lowest BCUT2D eigenvalue weighted by molar-refractivity contribution is -0.134. The van der Waals surface area contributed by atoms with E-state index in [1.165, 1.54) is 38.5 Å². The van der Waals surface area contributed by atoms with E-state index in [-0.39, 0.29) is 11.5 Å². The van der Waals surface area contributed by atoms with Gasteiger partial charge in [-0.05, 0) is 56.9 Å². The maximum Gasteiger partial charge on any atom is 0.226 e. The quantitative estimate of drug-likeness (QED) is 0.849. The number of nitrogens with zero attached hydrogens (tertiary/aromatic N) is 1. The molecule has 4 fully saturated rings. The minimum Gasteiger partial charge on any atom is -0.350 e. The Morgan fingerprint density at radius 1 is 1.11 bits per heavy atom. The Hall–Kier alpha value is -0.570. The second-order valence-electron chi connectivity index (χ2n) is 7.70. The van der Waals surface area contributed by atoms with Crippen molar-refractivity contribution in [3.8, 4) is 0 Å². The van der Waals surface area contributed by atoms with Crippen molar-refractivity contribution < 1.29 is 4.79 Å². The lowest BCUT2D eigenvalue weighted by atomic mass is 9.53. The highest BCUT2D eigenvalue weighted by molar-refractivity contribution is 5.80. The van der Waals surface area contributed by atoms with Gasteiger partial charge in [-0.2, -0.15) is 0 Å². The van der Waals surface area contributed by atoms with Crippen LogP contribution >= 0.6 is 0 Å². The summed E-state index contributed by atoms with van der Waals surface area (Å²) in [6.45, 7) is 6.64. The van der Waals surface area contributed by atoms with Crippen LogP contribution in [0.3, 0.4) is 0 Å². The van der Waals surface area contributed by atoms with Crippen LogP contribution in [0.1, 0.15) is 52.4 Å². The third kappa shape index (κ3) is 2.20. The highest BCUT2D eigenvalue weighted by Gasteiger charge is 2.50. The van der Waals surface area contributed by atoms with Crippen molar-refractivity contribution in [2.45, 2.75) is 57.9 Å². The fourth-order valence-electron chi connectivity index (χ4n) is 4.50. The molecular weight excluding hydrogens is 236 g/mol. The summed E-state index contributed by atoms with van der Waals surface area (Å²) >= 11 is 0. The van der Waals surface area contributed by atoms with Crippen molar-refractivity contribution in [2.75, 3.05) is 20.1 Å². The minimum absolute atomic E-state index is 0.155. The van der Waals surface area contributed by atoms with Crippen LogP contribution in [0, 0.1) is 17.3 Å². The number of carbonyl (C=O) groups is 1. The Kier molecular flexibility index (Phi) is 3.16. The Labute approximate surface area is 117 Å². The number of hydrogen-bond donors (Lipinski definition) is 1. The predicted molar refractivity (Wildman–Crippen MR) is 76.8 cm³/mol. The van der Waals surface area contributed by atoms with E-state index in [2.05, 4.69) is 31.1 Å². The zero-order valence-corrected chi connectivity index (χ0v) is 12.7. The zero-order chi connectivity index (χ0) is 13.7. The summed E-state index contributed by atoms with van der Waals surface area (Å²) in [6, 6.07) is 0. The van der Waals surface area contributed by atoms with Gasteiger partial charge in [0.05, 0.1) is 5.92 Å². The highest BCUT2D eigenvalue weighted by atomic mass is 16.2. The predicted octanol–water partition coefficient (Wildman–Crippen LogP) is 2.41. The first-order chi connectivity index (χ1) is 8.95. The van der Waals surface area contributed by atoms with Gasteiger partial charge in [-0.1, -0.05) is 13.8 Å². The second kappa shape index (κ2) is 4.47. The molecule has 3 aliphatic carbocycles. The lowest BCUT2D eigenvalue weighted by Crippen LogP contribution is -2.61. The van der Waals surface area contributed by atoms with Crippen LogP contribution in [0.15, 0.2) is 0 Å². The van der Waals surface area contributed by atoms with Crippen molar-refractivity contribution >= 4 is 5.91 Å². The molecule has 3 heteroatoms. The van der Waals surface area contributed by atoms with Crippen molar-refractivity contribution in [2.24, 2.45) is 17.3 Å². The fraction of sp³-hybridized carbons (Fsp3) is 0.938. The molecule has 0 radical (unpaired) electrons. The first kappa shape index (κ1) is 13.4. The average Bonchev–Trinajstić information content (AvgIpc) is 2.36. The van der Waals surface area contributed by atoms with Gasteiger partial charge in [0.25, 0.3) is 0 Å². The summed E-state index contributed by atoms with van der Waals surface area (Å²) in [4.78, 5) is 14.5. The van der Waals surface area contributed by atoms with Gasteiger partial charge < -0.3 is 10.2 Å². The van der Waals surface area contributed by atoms with Gasteiger partial charge >= 0.3 is 0 Å². The largest absolute Gasteiger partial charge is 0.350 e. The first-order valence-corrected chi connectivity index (χ1v) is 7.95. The summed E-state index contributed by atoms with van der Waals surface area (Å²) in [5, 5.41) is 3.43. The molecule has 4 rings (SSSR count). The van der Waals surface area contributed by atoms with E-state index in [0.29, 0.717) is 11.3 Å². The summed E-state index contributed by atoms with van der Waals surface area (Å²) < 4.78 is 0. The monoisotopic (exact) mass is 264 g/mol. The van der Waals surface area contributed by atoms with E-state index in [4.69, 9.17) is 0 Å². The van der Waals surface area contributed by atoms with E-state index in [1.54, 1.807) is 0 Å². The molecule has 1 saturated heterocycles. The normalized spacial score (nSPS) is 39.4. The third-order valence-corrected chi connectivity index (χ3v) is 6.35. The van der Waals surface area contributed by atoms with Crippen LogP contribution in [0.2, 0.25) is 0 Å². The van der Waals surface area contributed by atoms with Gasteiger partial charge in [-0.3, -0.25) is 4.79 Å². The maximum atomic E-state index is 12.3. The molecule has 1 amide bonds. The molecule has 0 atom stereocenters. The van der Waals surface area contributed by atoms with Gasteiger partial charge in [-0.15, -0.1) is 0 Å². The molecule has 0 aromatic heterocycles. The van der Waals surface area contributed by atoms with Crippen molar-refractivity contribution in [3.05, 3.63) is 0 Å². The van der Waals surface area contributed by atoms with Gasteiger partial charge in [0, 0.05) is 18.6 Å². The summed E-state index contributed by atoms with van der Waals surface area (Å²) in [6.07, 6.45) is 7.57. The SMILES string of the molecule is CC(C)C12CCC(NC(=O)C3CN(C)C3)(CC1)CC2. The van der Waals surface area contributed by atoms with E-state index >= 15 is 0 Å². The average molecular weight is 264 g/mol. The van der Waals surface area contributed by atoms with Crippen molar-refractivity contribution in [1.29, 1.82) is 0 Å². The van der Waals surface area contributed by atoms with Crippen LogP contribution in [0.5, 0.6) is 0 Å². The fourth-order valence-corrected chi connectivity index (χ4v) is 4.50. The number of fused-ring (bicyclic) bond motifs is 3. The van der Waals surface area contributed by atoms with Crippen LogP contribution in [-0.2, 0) is 4.79 Å². The van der Waals surface area contributed by atoms with E-state index in [9.17, 15) is 4.79 Å². The number of hydrogen-bond acceptors (Lipinski definition) is 2. The number of likely N-dealkylation sites (tertiary alicyclic amines) is 1. The first-order valence-electron chi connectivity index (χ1n) is 7.95. The Morgan fingerprint density at radius 2 is 1.63 bits per heavy atom. The molecule has 0 aromatic carbocycles. The molecule has 1 N–H and O–H groups in total. The molecule has 19 heavy (non-hydrogen) atoms. The molecule has 108 valence electrons. The molecule has 3 nitrogen and oxygen atoms in total. The van der Waals surface area contributed by atoms with Gasteiger partial charge in [0.2, 0.25) is 5.91 Å². The molecule has 0 unspecified atom stereocenters. The smallest absolute Gasteiger partial charge is 0.226 e. The topological polar surface area (TPSA) is 32.3 Å². The third-order valence-electron chi connectivity index (χ3n) is 6.35. The standard InChI is InChI=1S/C16H28N2O/c1-12(2)15-4-7-16(8-5-15,9-6-15)17-14(19)13-10-18(3)11-13/h12-13H,4-11H2,1-3H3,(H,17,19). The van der Waals surface area contributed by atoms with Gasteiger partial charge in [0.15, 0.2) is 0 Å². The molecule has 2 bridgehead atoms. The summed E-state index contributed by atoms with van der Waals surface area (Å²) in [5.41, 5.74) is 0.741. The number of amides is 1. The van der Waals surface area contributed by atoms with E-state index in [1.807, 2.05) is 0 Å². The molecule has 1 aliphatic heterocycles. The number of nitrogens with one attached hydrogen (secondary N) is 1. The highest BCUT2D eigenvalue weighted by Crippen LogP contribution is 2.55. The number of carbonyl (C=O) groups excluding carboxylic acids is 1.